The van der Waals surface area contributed by atoms with Crippen molar-refractivity contribution in [1.29, 1.82) is 0 Å². The standard InChI is InChI=1S/C28H35NO2Si/c1-27(2,3)32(25-15-9-5-10-16-25,26-17-11-6-12-18-26)31-23-28(21-30-22-28)20-29-19-24-13-7-4-8-14-24/h4-18,29H,19-23H2,1-3H3. The molecule has 168 valence electrons. The van der Waals surface area contributed by atoms with E-state index in [-0.39, 0.29) is 10.5 Å². The summed E-state index contributed by atoms with van der Waals surface area (Å²) < 4.78 is 12.9. The first-order valence-corrected chi connectivity index (χ1v) is 13.4. The predicted octanol–water partition coefficient (Wildman–Crippen LogP) is 4.37. The number of nitrogens with one attached hydrogen (secondary N) is 1. The lowest BCUT2D eigenvalue weighted by molar-refractivity contribution is -0.131. The highest BCUT2D eigenvalue weighted by atomic mass is 28.4. The van der Waals surface area contributed by atoms with E-state index >= 15 is 0 Å². The van der Waals surface area contributed by atoms with Gasteiger partial charge in [0.05, 0.1) is 18.6 Å². The minimum Gasteiger partial charge on any atom is -0.407 e. The third kappa shape index (κ3) is 4.74. The van der Waals surface area contributed by atoms with E-state index in [1.165, 1.54) is 15.9 Å². The van der Waals surface area contributed by atoms with E-state index in [1.807, 2.05) is 0 Å². The number of benzene rings is 3. The Bertz CT molecular complexity index is 927. The van der Waals surface area contributed by atoms with Gasteiger partial charge in [-0.2, -0.15) is 0 Å². The first-order valence-electron chi connectivity index (χ1n) is 11.5. The van der Waals surface area contributed by atoms with Crippen LogP contribution in [0.1, 0.15) is 26.3 Å². The van der Waals surface area contributed by atoms with Crippen LogP contribution >= 0.6 is 0 Å². The van der Waals surface area contributed by atoms with Crippen LogP contribution in [-0.4, -0.2) is 34.7 Å². The summed E-state index contributed by atoms with van der Waals surface area (Å²) in [6.45, 7) is 10.9. The Kier molecular flexibility index (Phi) is 6.96. The summed E-state index contributed by atoms with van der Waals surface area (Å²) in [5.74, 6) is 0. The van der Waals surface area contributed by atoms with Crippen LogP contribution in [0.3, 0.4) is 0 Å². The summed E-state index contributed by atoms with van der Waals surface area (Å²) in [7, 11) is -2.53. The van der Waals surface area contributed by atoms with Crippen molar-refractivity contribution in [1.82, 2.24) is 5.32 Å². The molecule has 0 aliphatic carbocycles. The highest BCUT2D eigenvalue weighted by Crippen LogP contribution is 2.39. The highest BCUT2D eigenvalue weighted by Gasteiger charge is 2.52. The lowest BCUT2D eigenvalue weighted by Crippen LogP contribution is -2.68. The second kappa shape index (κ2) is 9.71. The molecule has 0 radical (unpaired) electrons. The van der Waals surface area contributed by atoms with Crippen LogP contribution in [0.25, 0.3) is 0 Å². The van der Waals surface area contributed by atoms with Crippen molar-refractivity contribution in [3.63, 3.8) is 0 Å². The maximum atomic E-state index is 7.20. The Hall–Kier alpha value is -2.24. The Morgan fingerprint density at radius 3 is 1.75 bits per heavy atom. The predicted molar refractivity (Wildman–Crippen MR) is 135 cm³/mol. The van der Waals surface area contributed by atoms with Crippen molar-refractivity contribution >= 4 is 18.7 Å². The average molecular weight is 446 g/mol. The van der Waals surface area contributed by atoms with Crippen LogP contribution in [0.15, 0.2) is 91.0 Å². The Balaban J connectivity index is 1.58. The van der Waals surface area contributed by atoms with Gasteiger partial charge in [0.15, 0.2) is 0 Å². The van der Waals surface area contributed by atoms with Gasteiger partial charge in [-0.15, -0.1) is 0 Å². The van der Waals surface area contributed by atoms with Crippen LogP contribution in [0.2, 0.25) is 5.04 Å². The second-order valence-corrected chi connectivity index (χ2v) is 14.3. The zero-order valence-electron chi connectivity index (χ0n) is 19.5. The quantitative estimate of drug-likeness (QED) is 0.496. The van der Waals surface area contributed by atoms with Crippen LogP contribution in [0, 0.1) is 5.41 Å². The van der Waals surface area contributed by atoms with Crippen LogP contribution in [0.4, 0.5) is 0 Å². The Morgan fingerprint density at radius 2 is 1.31 bits per heavy atom. The second-order valence-electron chi connectivity index (χ2n) is 10.0. The largest absolute Gasteiger partial charge is 0.407 e. The number of rotatable bonds is 9. The van der Waals surface area contributed by atoms with Gasteiger partial charge in [-0.3, -0.25) is 0 Å². The molecule has 1 fully saturated rings. The van der Waals surface area contributed by atoms with Gasteiger partial charge < -0.3 is 14.5 Å². The fraction of sp³-hybridized carbons (Fsp3) is 0.357. The molecule has 4 rings (SSSR count). The monoisotopic (exact) mass is 445 g/mol. The minimum absolute atomic E-state index is 0.0149. The van der Waals surface area contributed by atoms with Crippen molar-refractivity contribution in [3.8, 4) is 0 Å². The summed E-state index contributed by atoms with van der Waals surface area (Å²) in [6, 6.07) is 32.3. The molecule has 0 amide bonds. The Labute approximate surface area is 193 Å². The molecule has 1 saturated heterocycles. The van der Waals surface area contributed by atoms with Crippen molar-refractivity contribution < 1.29 is 9.16 Å². The molecule has 0 saturated carbocycles. The summed E-state index contributed by atoms with van der Waals surface area (Å²) in [4.78, 5) is 0. The van der Waals surface area contributed by atoms with E-state index in [9.17, 15) is 0 Å². The van der Waals surface area contributed by atoms with Gasteiger partial charge in [-0.05, 0) is 21.0 Å². The first kappa shape index (κ1) is 22.9. The molecule has 3 nitrogen and oxygen atoms in total. The van der Waals surface area contributed by atoms with Gasteiger partial charge in [0.2, 0.25) is 0 Å². The highest BCUT2D eigenvalue weighted by molar-refractivity contribution is 6.99. The molecule has 3 aromatic rings. The van der Waals surface area contributed by atoms with Crippen molar-refractivity contribution in [2.24, 2.45) is 5.41 Å². The van der Waals surface area contributed by atoms with Crippen LogP contribution in [-0.2, 0) is 15.7 Å². The average Bonchev–Trinajstić information content (AvgIpc) is 2.78. The van der Waals surface area contributed by atoms with Crippen LogP contribution in [0.5, 0.6) is 0 Å². The van der Waals surface area contributed by atoms with Gasteiger partial charge in [-0.1, -0.05) is 112 Å². The fourth-order valence-corrected chi connectivity index (χ4v) is 9.40. The third-order valence-corrected chi connectivity index (χ3v) is 11.5. The van der Waals surface area contributed by atoms with E-state index in [0.29, 0.717) is 6.61 Å². The van der Waals surface area contributed by atoms with Gasteiger partial charge >= 0.3 is 0 Å². The normalized spacial score (nSPS) is 15.8. The van der Waals surface area contributed by atoms with Crippen molar-refractivity contribution in [3.05, 3.63) is 96.6 Å². The summed E-state index contributed by atoms with van der Waals surface area (Å²) in [6.07, 6.45) is 0. The number of ether oxygens (including phenoxy) is 1. The molecule has 32 heavy (non-hydrogen) atoms. The zero-order chi connectivity index (χ0) is 22.5. The molecular weight excluding hydrogens is 410 g/mol. The molecule has 0 spiro atoms. The van der Waals surface area contributed by atoms with Crippen molar-refractivity contribution in [2.45, 2.75) is 32.4 Å². The van der Waals surface area contributed by atoms with Gasteiger partial charge in [0, 0.05) is 19.7 Å². The molecule has 0 unspecified atom stereocenters. The minimum atomic E-state index is -2.53. The lowest BCUT2D eigenvalue weighted by atomic mass is 9.87. The van der Waals surface area contributed by atoms with Crippen molar-refractivity contribution in [2.75, 3.05) is 26.4 Å². The maximum Gasteiger partial charge on any atom is 0.261 e. The molecule has 1 aliphatic heterocycles. The molecule has 1 heterocycles. The van der Waals surface area contributed by atoms with Gasteiger partial charge in [-0.25, -0.2) is 0 Å². The SMILES string of the molecule is CC(C)(C)[Si](OCC1(CNCc2ccccc2)COC1)(c1ccccc1)c1ccccc1. The summed E-state index contributed by atoms with van der Waals surface area (Å²) in [5, 5.41) is 6.29. The van der Waals surface area contributed by atoms with Gasteiger partial charge in [0.25, 0.3) is 8.32 Å². The van der Waals surface area contributed by atoms with Gasteiger partial charge in [0.1, 0.15) is 0 Å². The molecule has 3 aromatic carbocycles. The maximum absolute atomic E-state index is 7.20. The summed E-state index contributed by atoms with van der Waals surface area (Å²) in [5.41, 5.74) is 1.32. The smallest absolute Gasteiger partial charge is 0.261 e. The molecule has 0 bridgehead atoms. The molecular formula is C28H35NO2Si. The molecule has 1 N–H and O–H groups in total. The molecule has 0 aromatic heterocycles. The van der Waals surface area contributed by atoms with E-state index in [1.54, 1.807) is 0 Å². The summed E-state index contributed by atoms with van der Waals surface area (Å²) >= 11 is 0. The zero-order valence-corrected chi connectivity index (χ0v) is 20.5. The van der Waals surface area contributed by atoms with E-state index in [2.05, 4.69) is 117 Å². The van der Waals surface area contributed by atoms with E-state index in [0.717, 1.165) is 26.3 Å². The molecule has 1 aliphatic rings. The third-order valence-electron chi connectivity index (χ3n) is 6.50. The lowest BCUT2D eigenvalue weighted by Gasteiger charge is -2.48. The molecule has 4 heteroatoms. The van der Waals surface area contributed by atoms with Crippen LogP contribution < -0.4 is 15.7 Å². The number of hydrogen-bond acceptors (Lipinski definition) is 3. The first-order chi connectivity index (χ1) is 15.5. The van der Waals surface area contributed by atoms with E-state index in [4.69, 9.17) is 9.16 Å². The number of hydrogen-bond donors (Lipinski definition) is 1. The Morgan fingerprint density at radius 1 is 0.812 bits per heavy atom. The molecule has 0 atom stereocenters. The fourth-order valence-electron chi connectivity index (χ4n) is 4.72. The topological polar surface area (TPSA) is 30.5 Å². The van der Waals surface area contributed by atoms with E-state index < -0.39 is 8.32 Å².